The van der Waals surface area contributed by atoms with E-state index in [1.165, 1.54) is 24.4 Å². The van der Waals surface area contributed by atoms with Crippen LogP contribution < -0.4 is 5.32 Å². The zero-order chi connectivity index (χ0) is 28.3. The average Bonchev–Trinajstić information content (AvgIpc) is 3.60. The highest BCUT2D eigenvalue weighted by Gasteiger charge is 2.26. The Morgan fingerprint density at radius 1 is 1.07 bits per heavy atom. The number of nitrogens with one attached hydrogen (secondary N) is 1. The minimum Gasteiger partial charge on any atom is -0.383 e. The molecule has 1 aromatic carbocycles. The predicted octanol–water partition coefficient (Wildman–Crippen LogP) is 4.47. The maximum atomic E-state index is 13.7. The molecule has 1 aliphatic heterocycles. The smallest absolute Gasteiger partial charge is 0.257 e. The van der Waals surface area contributed by atoms with E-state index in [4.69, 9.17) is 14.8 Å². The van der Waals surface area contributed by atoms with Gasteiger partial charge in [0.05, 0.1) is 30.5 Å². The number of anilines is 1. The molecule has 0 radical (unpaired) electrons. The van der Waals surface area contributed by atoms with E-state index < -0.39 is 11.9 Å². The van der Waals surface area contributed by atoms with Crippen molar-refractivity contribution in [1.82, 2.24) is 34.0 Å². The molecule has 0 atom stereocenters. The average molecular weight is 559 g/mol. The molecule has 1 N–H and O–H groups in total. The normalized spacial score (nSPS) is 14.5. The van der Waals surface area contributed by atoms with Gasteiger partial charge >= 0.3 is 0 Å². The molecule has 0 spiro atoms. The van der Waals surface area contributed by atoms with Gasteiger partial charge in [0.25, 0.3) is 5.91 Å². The molecule has 1 fully saturated rings. The summed E-state index contributed by atoms with van der Waals surface area (Å²) in [7, 11) is 1.71. The van der Waals surface area contributed by atoms with Gasteiger partial charge in [0.2, 0.25) is 5.95 Å². The number of halogens is 2. The maximum absolute atomic E-state index is 13.7. The molecule has 5 aromatic rings. The van der Waals surface area contributed by atoms with Crippen molar-refractivity contribution in [3.05, 3.63) is 84.6 Å². The number of benzene rings is 1. The fourth-order valence-electron chi connectivity index (χ4n) is 5.15. The summed E-state index contributed by atoms with van der Waals surface area (Å²) in [4.78, 5) is 27.7. The number of pyridine rings is 1. The molecular weight excluding hydrogens is 530 g/mol. The van der Waals surface area contributed by atoms with Gasteiger partial charge in [0.1, 0.15) is 11.5 Å². The summed E-state index contributed by atoms with van der Waals surface area (Å²) < 4.78 is 36.2. The molecule has 1 amide bonds. The van der Waals surface area contributed by atoms with Crippen LogP contribution in [0.4, 0.5) is 14.6 Å². The Morgan fingerprint density at radius 2 is 1.88 bits per heavy atom. The second-order valence-corrected chi connectivity index (χ2v) is 9.89. The van der Waals surface area contributed by atoms with Crippen LogP contribution in [-0.2, 0) is 4.74 Å². The van der Waals surface area contributed by atoms with Crippen molar-refractivity contribution < 1.29 is 18.3 Å². The fraction of sp³-hybridized carbons (Fsp3) is 0.276. The molecule has 0 saturated carbocycles. The topological polar surface area (TPSA) is 102 Å². The third-order valence-electron chi connectivity index (χ3n) is 7.27. The summed E-state index contributed by atoms with van der Waals surface area (Å²) in [5, 5.41) is 7.50. The molecule has 0 bridgehead atoms. The van der Waals surface area contributed by atoms with Gasteiger partial charge in [-0.25, -0.2) is 23.9 Å². The number of aromatic nitrogens is 6. The van der Waals surface area contributed by atoms with Crippen LogP contribution in [0.2, 0.25) is 0 Å². The van der Waals surface area contributed by atoms with E-state index in [1.54, 1.807) is 30.0 Å². The molecule has 1 saturated heterocycles. The largest absolute Gasteiger partial charge is 0.383 e. The number of ether oxygens (including phenoxy) is 1. The predicted molar refractivity (Wildman–Crippen MR) is 148 cm³/mol. The van der Waals surface area contributed by atoms with Crippen molar-refractivity contribution in [1.29, 1.82) is 0 Å². The minimum absolute atomic E-state index is 0.129. The lowest BCUT2D eigenvalue weighted by molar-refractivity contribution is 0.102. The lowest BCUT2D eigenvalue weighted by atomic mass is 10.0. The first-order valence-electron chi connectivity index (χ1n) is 13.3. The Bertz CT molecular complexity index is 1680. The number of likely N-dealkylation sites (tertiary alicyclic amines) is 1. The van der Waals surface area contributed by atoms with Gasteiger partial charge in [-0.1, -0.05) is 0 Å². The second-order valence-electron chi connectivity index (χ2n) is 9.89. The van der Waals surface area contributed by atoms with Gasteiger partial charge in [-0.3, -0.25) is 4.79 Å². The highest BCUT2D eigenvalue weighted by molar-refractivity contribution is 6.03. The van der Waals surface area contributed by atoms with Gasteiger partial charge in [-0.2, -0.15) is 9.49 Å². The van der Waals surface area contributed by atoms with Gasteiger partial charge in [0.15, 0.2) is 11.5 Å². The number of fused-ring (bicyclic) bond motifs is 1. The molecule has 210 valence electrons. The molecule has 0 unspecified atom stereocenters. The lowest BCUT2D eigenvalue weighted by Crippen LogP contribution is -2.36. The van der Waals surface area contributed by atoms with Crippen LogP contribution in [0, 0.1) is 11.8 Å². The molecule has 5 heterocycles. The van der Waals surface area contributed by atoms with Crippen molar-refractivity contribution in [3.63, 3.8) is 0 Å². The van der Waals surface area contributed by atoms with Gasteiger partial charge in [0, 0.05) is 56.2 Å². The first-order valence-corrected chi connectivity index (χ1v) is 13.3. The maximum Gasteiger partial charge on any atom is 0.257 e. The monoisotopic (exact) mass is 558 g/mol. The Balaban J connectivity index is 1.33. The van der Waals surface area contributed by atoms with Gasteiger partial charge < -0.3 is 19.5 Å². The number of hydrogen-bond acceptors (Lipinski definition) is 7. The summed E-state index contributed by atoms with van der Waals surface area (Å²) in [6.07, 6.45) is 6.54. The highest BCUT2D eigenvalue weighted by Crippen LogP contribution is 2.35. The number of amides is 1. The molecule has 12 heteroatoms. The Hall–Kier alpha value is -4.55. The molecule has 10 nitrogen and oxygen atoms in total. The summed E-state index contributed by atoms with van der Waals surface area (Å²) in [5.41, 5.74) is 3.60. The summed E-state index contributed by atoms with van der Waals surface area (Å²) in [6, 6.07) is 12.6. The van der Waals surface area contributed by atoms with Crippen molar-refractivity contribution in [2.24, 2.45) is 0 Å². The minimum atomic E-state index is -0.742. The Kier molecular flexibility index (Phi) is 7.49. The van der Waals surface area contributed by atoms with Crippen molar-refractivity contribution >= 4 is 17.4 Å². The number of rotatable bonds is 8. The van der Waals surface area contributed by atoms with Crippen LogP contribution >= 0.6 is 0 Å². The molecule has 0 aliphatic carbocycles. The summed E-state index contributed by atoms with van der Waals surface area (Å²) in [5.74, 6) is -1.30. The molecular formula is C29H28F2N8O2. The first kappa shape index (κ1) is 26.7. The van der Waals surface area contributed by atoms with E-state index in [9.17, 15) is 13.6 Å². The quantitative estimate of drug-likeness (QED) is 0.281. The van der Waals surface area contributed by atoms with Crippen molar-refractivity contribution in [2.45, 2.75) is 18.9 Å². The van der Waals surface area contributed by atoms with E-state index in [2.05, 4.69) is 24.8 Å². The van der Waals surface area contributed by atoms with Crippen LogP contribution in [0.25, 0.3) is 28.3 Å². The zero-order valence-corrected chi connectivity index (χ0v) is 22.4. The first-order chi connectivity index (χ1) is 20.0. The van der Waals surface area contributed by atoms with E-state index >= 15 is 0 Å². The molecule has 41 heavy (non-hydrogen) atoms. The molecule has 4 aromatic heterocycles. The highest BCUT2D eigenvalue weighted by atomic mass is 19.1. The summed E-state index contributed by atoms with van der Waals surface area (Å²) in [6.45, 7) is 3.48. The lowest BCUT2D eigenvalue weighted by Gasteiger charge is -2.33. The van der Waals surface area contributed by atoms with Crippen LogP contribution in [-0.4, -0.2) is 73.3 Å². The van der Waals surface area contributed by atoms with E-state index in [0.29, 0.717) is 23.6 Å². The molecule has 1 aliphatic rings. The number of hydrogen-bond donors (Lipinski definition) is 1. The SMILES string of the molecule is COCCN1CCC(n2cnc(-c3ccc(F)cc3)c2-c2ccc3nc(NC(=O)c4ccnc(F)c4)cn3n2)CC1. The zero-order valence-electron chi connectivity index (χ0n) is 22.4. The standard InChI is InChI=1S/C29H28F2N8O2/c1-41-15-14-37-12-9-22(10-13-37)38-18-33-27(19-2-4-21(30)5-3-19)28(38)23-6-7-26-34-25(17-39(26)36-23)35-29(40)20-8-11-32-24(31)16-20/h2-8,11,16-18,22H,9-10,12-15H2,1H3,(H,35,40). The third kappa shape index (κ3) is 5.70. The number of methoxy groups -OCH3 is 1. The third-order valence-corrected chi connectivity index (χ3v) is 7.27. The van der Waals surface area contributed by atoms with Crippen LogP contribution in [0.15, 0.2) is 67.3 Å². The van der Waals surface area contributed by atoms with Crippen LogP contribution in [0.1, 0.15) is 29.2 Å². The summed E-state index contributed by atoms with van der Waals surface area (Å²) >= 11 is 0. The number of carbonyl (C=O) groups excluding carboxylic acids is 1. The Morgan fingerprint density at radius 3 is 2.63 bits per heavy atom. The van der Waals surface area contributed by atoms with E-state index in [0.717, 1.165) is 49.8 Å². The fourth-order valence-corrected chi connectivity index (χ4v) is 5.15. The van der Waals surface area contributed by atoms with Gasteiger partial charge in [-0.15, -0.1) is 0 Å². The van der Waals surface area contributed by atoms with E-state index in [-0.39, 0.29) is 23.2 Å². The Labute approximate surface area is 234 Å². The van der Waals surface area contributed by atoms with E-state index in [1.807, 2.05) is 18.5 Å². The number of imidazole rings is 2. The van der Waals surface area contributed by atoms with Crippen molar-refractivity contribution in [3.8, 4) is 22.6 Å². The number of carbonyl (C=O) groups is 1. The number of piperidine rings is 1. The van der Waals surface area contributed by atoms with Gasteiger partial charge in [-0.05, 0) is 55.3 Å². The van der Waals surface area contributed by atoms with Crippen molar-refractivity contribution in [2.75, 3.05) is 38.7 Å². The van der Waals surface area contributed by atoms with Crippen LogP contribution in [0.3, 0.4) is 0 Å². The second kappa shape index (κ2) is 11.5. The number of nitrogens with zero attached hydrogens (tertiary/aromatic N) is 7. The molecule has 6 rings (SSSR count). The van der Waals surface area contributed by atoms with Crippen LogP contribution in [0.5, 0.6) is 0 Å².